The van der Waals surface area contributed by atoms with Crippen molar-refractivity contribution in [2.45, 2.75) is 13.8 Å². The minimum atomic E-state index is -0.341. The Balaban J connectivity index is 1.98. The molecule has 22 heavy (non-hydrogen) atoms. The molecule has 5 heteroatoms. The zero-order valence-electron chi connectivity index (χ0n) is 12.5. The van der Waals surface area contributed by atoms with Gasteiger partial charge >= 0.3 is 0 Å². The number of carbonyl (C=O) groups excluding carboxylic acids is 1. The number of hydrogen-bond donors (Lipinski definition) is 1. The third kappa shape index (κ3) is 4.33. The number of ether oxygens (including phenoxy) is 1. The van der Waals surface area contributed by atoms with E-state index < -0.39 is 0 Å². The van der Waals surface area contributed by atoms with Gasteiger partial charge in [0.05, 0.1) is 23.4 Å². The maximum absolute atomic E-state index is 12.0. The first-order chi connectivity index (χ1) is 10.6. The molecule has 0 spiro atoms. The van der Waals surface area contributed by atoms with Gasteiger partial charge in [0.15, 0.2) is 0 Å². The molecular weight excluding hydrogens is 300 g/mol. The number of nitrogens with one attached hydrogen (secondary N) is 1. The van der Waals surface area contributed by atoms with Crippen LogP contribution in [-0.2, 0) is 0 Å². The van der Waals surface area contributed by atoms with Crippen molar-refractivity contribution in [3.05, 3.63) is 64.2 Å². The van der Waals surface area contributed by atoms with Crippen LogP contribution in [0.15, 0.2) is 47.6 Å². The van der Waals surface area contributed by atoms with Crippen LogP contribution in [0.5, 0.6) is 5.75 Å². The molecule has 1 amide bonds. The normalized spacial score (nSPS) is 10.7. The molecule has 114 valence electrons. The average Bonchev–Trinajstić information content (AvgIpc) is 2.49. The van der Waals surface area contributed by atoms with Crippen LogP contribution in [0.4, 0.5) is 0 Å². The van der Waals surface area contributed by atoms with Gasteiger partial charge in [-0.2, -0.15) is 5.10 Å². The largest absolute Gasteiger partial charge is 0.494 e. The van der Waals surface area contributed by atoms with Crippen molar-refractivity contribution in [2.24, 2.45) is 5.10 Å². The van der Waals surface area contributed by atoms with E-state index in [0.717, 1.165) is 16.9 Å². The average molecular weight is 317 g/mol. The molecule has 0 saturated carbocycles. The second-order valence-corrected chi connectivity index (χ2v) is 5.09. The lowest BCUT2D eigenvalue weighted by Crippen LogP contribution is -2.18. The van der Waals surface area contributed by atoms with Crippen molar-refractivity contribution in [3.8, 4) is 5.75 Å². The van der Waals surface area contributed by atoms with Crippen LogP contribution >= 0.6 is 11.6 Å². The Bertz CT molecular complexity index is 682. The van der Waals surface area contributed by atoms with Crippen LogP contribution in [0, 0.1) is 6.92 Å². The SMILES string of the molecule is CCOc1ccc(/C=N\NC(=O)c2ccc(C)cc2Cl)cc1. The molecule has 0 aliphatic carbocycles. The Morgan fingerprint density at radius 2 is 2.00 bits per heavy atom. The van der Waals surface area contributed by atoms with Crippen LogP contribution in [0.2, 0.25) is 5.02 Å². The van der Waals surface area contributed by atoms with E-state index in [1.54, 1.807) is 18.3 Å². The summed E-state index contributed by atoms with van der Waals surface area (Å²) in [6.45, 7) is 4.47. The molecule has 0 saturated heterocycles. The molecule has 0 aromatic heterocycles. The van der Waals surface area contributed by atoms with E-state index in [-0.39, 0.29) is 5.91 Å². The van der Waals surface area contributed by atoms with E-state index in [1.807, 2.05) is 44.2 Å². The minimum absolute atomic E-state index is 0.341. The van der Waals surface area contributed by atoms with Gasteiger partial charge in [0.2, 0.25) is 0 Å². The molecule has 0 unspecified atom stereocenters. The minimum Gasteiger partial charge on any atom is -0.494 e. The number of halogens is 1. The van der Waals surface area contributed by atoms with Crippen molar-refractivity contribution in [2.75, 3.05) is 6.61 Å². The summed E-state index contributed by atoms with van der Waals surface area (Å²) >= 11 is 6.04. The smallest absolute Gasteiger partial charge is 0.272 e. The number of hydrazone groups is 1. The van der Waals surface area contributed by atoms with Crippen molar-refractivity contribution in [3.63, 3.8) is 0 Å². The molecule has 2 aromatic carbocycles. The predicted molar refractivity (Wildman–Crippen MR) is 88.9 cm³/mol. The summed E-state index contributed by atoms with van der Waals surface area (Å²) in [5, 5.41) is 4.34. The molecule has 0 aliphatic heterocycles. The fraction of sp³-hybridized carbons (Fsp3) is 0.176. The van der Waals surface area contributed by atoms with Crippen LogP contribution in [-0.4, -0.2) is 18.7 Å². The van der Waals surface area contributed by atoms with E-state index >= 15 is 0 Å². The van der Waals surface area contributed by atoms with Gasteiger partial charge in [-0.25, -0.2) is 5.43 Å². The molecule has 2 rings (SSSR count). The fourth-order valence-corrected chi connectivity index (χ4v) is 2.17. The third-order valence-corrected chi connectivity index (χ3v) is 3.25. The lowest BCUT2D eigenvalue weighted by Gasteiger charge is -2.04. The summed E-state index contributed by atoms with van der Waals surface area (Å²) < 4.78 is 5.36. The zero-order valence-corrected chi connectivity index (χ0v) is 13.2. The summed E-state index contributed by atoms with van der Waals surface area (Å²) in [4.78, 5) is 12.0. The topological polar surface area (TPSA) is 50.7 Å². The van der Waals surface area contributed by atoms with Gasteiger partial charge in [-0.3, -0.25) is 4.79 Å². The fourth-order valence-electron chi connectivity index (χ4n) is 1.85. The molecule has 0 heterocycles. The van der Waals surface area contributed by atoms with Crippen LogP contribution in [0.25, 0.3) is 0 Å². The maximum Gasteiger partial charge on any atom is 0.272 e. The summed E-state index contributed by atoms with van der Waals surface area (Å²) in [5.41, 5.74) is 4.72. The Morgan fingerprint density at radius 3 is 2.64 bits per heavy atom. The Kier molecular flexibility index (Phi) is 5.55. The molecular formula is C17H17ClN2O2. The standard InChI is InChI=1S/C17H17ClN2O2/c1-3-22-14-7-5-13(6-8-14)11-19-20-17(21)15-9-4-12(2)10-16(15)18/h4-11H,3H2,1-2H3,(H,20,21)/b19-11-. The number of amides is 1. The number of rotatable bonds is 5. The van der Waals surface area contributed by atoms with Gasteiger partial charge in [-0.1, -0.05) is 17.7 Å². The molecule has 2 aromatic rings. The summed E-state index contributed by atoms with van der Waals surface area (Å²) in [6, 6.07) is 12.7. The van der Waals surface area contributed by atoms with E-state index in [0.29, 0.717) is 17.2 Å². The van der Waals surface area contributed by atoms with E-state index in [2.05, 4.69) is 10.5 Å². The van der Waals surface area contributed by atoms with E-state index in [1.165, 1.54) is 0 Å². The van der Waals surface area contributed by atoms with Gasteiger partial charge in [-0.05, 0) is 61.4 Å². The van der Waals surface area contributed by atoms with E-state index in [9.17, 15) is 4.79 Å². The summed E-state index contributed by atoms with van der Waals surface area (Å²) in [5.74, 6) is 0.460. The lowest BCUT2D eigenvalue weighted by atomic mass is 10.1. The third-order valence-electron chi connectivity index (χ3n) is 2.94. The maximum atomic E-state index is 12.0. The summed E-state index contributed by atoms with van der Waals surface area (Å²) in [7, 11) is 0. The molecule has 0 bridgehead atoms. The highest BCUT2D eigenvalue weighted by Gasteiger charge is 2.08. The molecule has 0 aliphatic rings. The highest BCUT2D eigenvalue weighted by Crippen LogP contribution is 2.17. The van der Waals surface area contributed by atoms with Gasteiger partial charge in [0.1, 0.15) is 5.75 Å². The molecule has 0 fully saturated rings. The second-order valence-electron chi connectivity index (χ2n) is 4.68. The first-order valence-electron chi connectivity index (χ1n) is 6.92. The Morgan fingerprint density at radius 1 is 1.27 bits per heavy atom. The van der Waals surface area contributed by atoms with Gasteiger partial charge in [0, 0.05) is 0 Å². The predicted octanol–water partition coefficient (Wildman–Crippen LogP) is 3.81. The van der Waals surface area contributed by atoms with Crippen molar-refractivity contribution < 1.29 is 9.53 Å². The lowest BCUT2D eigenvalue weighted by molar-refractivity contribution is 0.0955. The van der Waals surface area contributed by atoms with Crippen molar-refractivity contribution >= 4 is 23.7 Å². The van der Waals surface area contributed by atoms with Crippen LogP contribution in [0.3, 0.4) is 0 Å². The van der Waals surface area contributed by atoms with E-state index in [4.69, 9.17) is 16.3 Å². The van der Waals surface area contributed by atoms with Gasteiger partial charge in [-0.15, -0.1) is 0 Å². The molecule has 0 radical (unpaired) electrons. The number of carbonyl (C=O) groups is 1. The number of nitrogens with zero attached hydrogens (tertiary/aromatic N) is 1. The molecule has 4 nitrogen and oxygen atoms in total. The quantitative estimate of drug-likeness (QED) is 0.673. The van der Waals surface area contributed by atoms with Crippen molar-refractivity contribution in [1.29, 1.82) is 0 Å². The van der Waals surface area contributed by atoms with Gasteiger partial charge in [0.25, 0.3) is 5.91 Å². The highest BCUT2D eigenvalue weighted by molar-refractivity contribution is 6.33. The van der Waals surface area contributed by atoms with Gasteiger partial charge < -0.3 is 4.74 Å². The first-order valence-corrected chi connectivity index (χ1v) is 7.30. The molecule has 0 atom stereocenters. The monoisotopic (exact) mass is 316 g/mol. The van der Waals surface area contributed by atoms with Crippen molar-refractivity contribution in [1.82, 2.24) is 5.43 Å². The number of hydrogen-bond acceptors (Lipinski definition) is 3. The molecule has 1 N–H and O–H groups in total. The van der Waals surface area contributed by atoms with Crippen LogP contribution < -0.4 is 10.2 Å². The summed E-state index contributed by atoms with van der Waals surface area (Å²) in [6.07, 6.45) is 1.57. The number of aryl methyl sites for hydroxylation is 1. The number of benzene rings is 2. The highest BCUT2D eigenvalue weighted by atomic mass is 35.5. The zero-order chi connectivity index (χ0) is 15.9. The Hall–Kier alpha value is -2.33. The van der Waals surface area contributed by atoms with Crippen LogP contribution in [0.1, 0.15) is 28.4 Å². The second kappa shape index (κ2) is 7.61. The Labute approximate surface area is 134 Å². The first kappa shape index (κ1) is 16.0.